The molecule has 0 bridgehead atoms. The number of piperazine rings is 1. The topological polar surface area (TPSA) is 40.6 Å². The quantitative estimate of drug-likeness (QED) is 0.789. The number of aryl methyl sites for hydroxylation is 1. The number of hydrogen-bond acceptors (Lipinski definition) is 2. The summed E-state index contributed by atoms with van der Waals surface area (Å²) in [5, 5.41) is 0. The Bertz CT molecular complexity index is 740. The van der Waals surface area contributed by atoms with Crippen LogP contribution in [-0.2, 0) is 11.2 Å². The van der Waals surface area contributed by atoms with Gasteiger partial charge in [0.1, 0.15) is 0 Å². The fraction of sp³-hybridized carbons (Fsp3) is 0.300. The summed E-state index contributed by atoms with van der Waals surface area (Å²) in [6.45, 7) is 2.38. The number of halogens is 1. The predicted molar refractivity (Wildman–Crippen MR) is 101 cm³/mol. The van der Waals surface area contributed by atoms with Crippen LogP contribution in [0.25, 0.3) is 0 Å². The molecule has 0 saturated carbocycles. The molecule has 0 atom stereocenters. The van der Waals surface area contributed by atoms with Crippen molar-refractivity contribution < 1.29 is 9.59 Å². The van der Waals surface area contributed by atoms with E-state index in [9.17, 15) is 9.59 Å². The minimum atomic E-state index is 0.0256. The van der Waals surface area contributed by atoms with Gasteiger partial charge in [-0.25, -0.2) is 0 Å². The summed E-state index contributed by atoms with van der Waals surface area (Å²) in [7, 11) is 0. The molecule has 1 saturated heterocycles. The first kappa shape index (κ1) is 17.7. The second-order valence-electron chi connectivity index (χ2n) is 6.17. The minimum Gasteiger partial charge on any atom is -0.339 e. The molecule has 2 amide bonds. The van der Waals surface area contributed by atoms with Gasteiger partial charge in [-0.3, -0.25) is 9.59 Å². The van der Waals surface area contributed by atoms with E-state index in [0.717, 1.165) is 10.9 Å². The molecule has 1 heterocycles. The van der Waals surface area contributed by atoms with Gasteiger partial charge in [0.05, 0.1) is 0 Å². The minimum absolute atomic E-state index is 0.0256. The van der Waals surface area contributed by atoms with Gasteiger partial charge in [-0.2, -0.15) is 0 Å². The zero-order valence-electron chi connectivity index (χ0n) is 14.0. The van der Waals surface area contributed by atoms with Crippen molar-refractivity contribution in [3.8, 4) is 0 Å². The number of hydrogen-bond donors (Lipinski definition) is 0. The zero-order chi connectivity index (χ0) is 17.6. The SMILES string of the molecule is O=C(CCc1ccccc1)N1CCN(C(=O)c2cccc(Br)c2)CC1. The monoisotopic (exact) mass is 400 g/mol. The molecule has 25 heavy (non-hydrogen) atoms. The van der Waals surface area contributed by atoms with Gasteiger partial charge in [0.2, 0.25) is 5.91 Å². The van der Waals surface area contributed by atoms with Gasteiger partial charge < -0.3 is 9.80 Å². The third-order valence-electron chi connectivity index (χ3n) is 4.46. The molecule has 0 spiro atoms. The van der Waals surface area contributed by atoms with Gasteiger partial charge in [0.25, 0.3) is 5.91 Å². The van der Waals surface area contributed by atoms with Crippen LogP contribution in [0.15, 0.2) is 59.1 Å². The molecule has 0 N–H and O–H groups in total. The van der Waals surface area contributed by atoms with Gasteiger partial charge in [-0.15, -0.1) is 0 Å². The molecule has 0 unspecified atom stereocenters. The van der Waals surface area contributed by atoms with Crippen molar-refractivity contribution in [3.05, 3.63) is 70.2 Å². The smallest absolute Gasteiger partial charge is 0.254 e. The van der Waals surface area contributed by atoms with E-state index in [0.29, 0.717) is 38.2 Å². The summed E-state index contributed by atoms with van der Waals surface area (Å²) in [6, 6.07) is 17.5. The number of nitrogens with zero attached hydrogens (tertiary/aromatic N) is 2. The Hall–Kier alpha value is -2.14. The van der Waals surface area contributed by atoms with Crippen LogP contribution in [0.1, 0.15) is 22.3 Å². The maximum atomic E-state index is 12.5. The van der Waals surface area contributed by atoms with Crippen LogP contribution >= 0.6 is 15.9 Å². The van der Waals surface area contributed by atoms with Crippen LogP contribution < -0.4 is 0 Å². The molecule has 1 aliphatic heterocycles. The standard InChI is InChI=1S/C20H21BrN2O2/c21-18-8-4-7-17(15-18)20(25)23-13-11-22(12-14-23)19(24)10-9-16-5-2-1-3-6-16/h1-8,15H,9-14H2. The van der Waals surface area contributed by atoms with Crippen molar-refractivity contribution in [3.63, 3.8) is 0 Å². The first-order valence-corrected chi connectivity index (χ1v) is 9.29. The highest BCUT2D eigenvalue weighted by molar-refractivity contribution is 9.10. The number of amides is 2. The maximum Gasteiger partial charge on any atom is 0.254 e. The van der Waals surface area contributed by atoms with Crippen LogP contribution in [0.5, 0.6) is 0 Å². The molecule has 0 aliphatic carbocycles. The summed E-state index contributed by atoms with van der Waals surface area (Å²) in [5.74, 6) is 0.191. The largest absolute Gasteiger partial charge is 0.339 e. The fourth-order valence-corrected chi connectivity index (χ4v) is 3.42. The fourth-order valence-electron chi connectivity index (χ4n) is 3.02. The Labute approximate surface area is 156 Å². The Morgan fingerprint density at radius 3 is 2.24 bits per heavy atom. The first-order chi connectivity index (χ1) is 12.1. The average molecular weight is 401 g/mol. The van der Waals surface area contributed by atoms with Gasteiger partial charge in [0.15, 0.2) is 0 Å². The Morgan fingerprint density at radius 1 is 0.880 bits per heavy atom. The van der Waals surface area contributed by atoms with Crippen molar-refractivity contribution in [2.75, 3.05) is 26.2 Å². The lowest BCUT2D eigenvalue weighted by atomic mass is 10.1. The van der Waals surface area contributed by atoms with Crippen LogP contribution in [0, 0.1) is 0 Å². The van der Waals surface area contributed by atoms with Crippen LogP contribution in [0.4, 0.5) is 0 Å². The second-order valence-corrected chi connectivity index (χ2v) is 7.08. The normalized spacial score (nSPS) is 14.4. The molecule has 2 aromatic rings. The average Bonchev–Trinajstić information content (AvgIpc) is 2.66. The summed E-state index contributed by atoms with van der Waals surface area (Å²) in [5.41, 5.74) is 1.86. The number of benzene rings is 2. The van der Waals surface area contributed by atoms with Gasteiger partial charge in [0, 0.05) is 42.6 Å². The van der Waals surface area contributed by atoms with Crippen molar-refractivity contribution in [1.82, 2.24) is 9.80 Å². The van der Waals surface area contributed by atoms with Crippen LogP contribution in [0.2, 0.25) is 0 Å². The molecule has 2 aromatic carbocycles. The highest BCUT2D eigenvalue weighted by Gasteiger charge is 2.24. The van der Waals surface area contributed by atoms with Gasteiger partial charge in [-0.1, -0.05) is 52.3 Å². The molecular weight excluding hydrogens is 380 g/mol. The summed E-state index contributed by atoms with van der Waals surface area (Å²) in [4.78, 5) is 28.6. The van der Waals surface area contributed by atoms with Crippen molar-refractivity contribution in [2.45, 2.75) is 12.8 Å². The van der Waals surface area contributed by atoms with Gasteiger partial charge in [-0.05, 0) is 30.2 Å². The zero-order valence-corrected chi connectivity index (χ0v) is 15.6. The molecule has 5 heteroatoms. The molecule has 0 aromatic heterocycles. The van der Waals surface area contributed by atoms with Crippen LogP contribution in [-0.4, -0.2) is 47.8 Å². The molecular formula is C20H21BrN2O2. The van der Waals surface area contributed by atoms with E-state index >= 15 is 0 Å². The van der Waals surface area contributed by atoms with Gasteiger partial charge >= 0.3 is 0 Å². The van der Waals surface area contributed by atoms with E-state index in [4.69, 9.17) is 0 Å². The van der Waals surface area contributed by atoms with E-state index < -0.39 is 0 Å². The Kier molecular flexibility index (Phi) is 5.87. The second kappa shape index (κ2) is 8.30. The summed E-state index contributed by atoms with van der Waals surface area (Å²) >= 11 is 3.40. The van der Waals surface area contributed by atoms with E-state index in [1.54, 1.807) is 0 Å². The predicted octanol–water partition coefficient (Wildman–Crippen LogP) is 3.37. The van der Waals surface area contributed by atoms with E-state index in [1.165, 1.54) is 5.56 Å². The van der Waals surface area contributed by atoms with Crippen molar-refractivity contribution in [2.24, 2.45) is 0 Å². The summed E-state index contributed by atoms with van der Waals surface area (Å²) in [6.07, 6.45) is 1.28. The third kappa shape index (κ3) is 4.69. The maximum absolute atomic E-state index is 12.5. The number of carbonyl (C=O) groups is 2. The highest BCUT2D eigenvalue weighted by Crippen LogP contribution is 2.15. The molecule has 130 valence electrons. The number of carbonyl (C=O) groups excluding carboxylic acids is 2. The van der Waals surface area contributed by atoms with Crippen LogP contribution in [0.3, 0.4) is 0 Å². The first-order valence-electron chi connectivity index (χ1n) is 8.50. The van der Waals surface area contributed by atoms with E-state index in [-0.39, 0.29) is 11.8 Å². The van der Waals surface area contributed by atoms with Crippen molar-refractivity contribution >= 4 is 27.7 Å². The Balaban J connectivity index is 1.49. The molecule has 1 fully saturated rings. The lowest BCUT2D eigenvalue weighted by Gasteiger charge is -2.35. The number of rotatable bonds is 4. The molecule has 0 radical (unpaired) electrons. The third-order valence-corrected chi connectivity index (χ3v) is 4.95. The lowest BCUT2D eigenvalue weighted by Crippen LogP contribution is -2.50. The summed E-state index contributed by atoms with van der Waals surface area (Å²) < 4.78 is 0.896. The molecule has 1 aliphatic rings. The van der Waals surface area contributed by atoms with E-state index in [1.807, 2.05) is 64.4 Å². The van der Waals surface area contributed by atoms with Crippen molar-refractivity contribution in [1.29, 1.82) is 0 Å². The molecule has 4 nitrogen and oxygen atoms in total. The highest BCUT2D eigenvalue weighted by atomic mass is 79.9. The Morgan fingerprint density at radius 2 is 1.56 bits per heavy atom. The molecule has 3 rings (SSSR count). The lowest BCUT2D eigenvalue weighted by molar-refractivity contribution is -0.132. The van der Waals surface area contributed by atoms with E-state index in [2.05, 4.69) is 15.9 Å².